The molecule has 0 amide bonds. The second-order valence-electron chi connectivity index (χ2n) is 2.94. The van der Waals surface area contributed by atoms with Crippen LogP contribution in [0.5, 0.6) is 5.75 Å². The summed E-state index contributed by atoms with van der Waals surface area (Å²) in [6.07, 6.45) is 0. The molecule has 0 fully saturated rings. The van der Waals surface area contributed by atoms with Gasteiger partial charge in [-0.25, -0.2) is 0 Å². The van der Waals surface area contributed by atoms with Gasteiger partial charge in [0.05, 0.1) is 30.2 Å². The quantitative estimate of drug-likeness (QED) is 0.562. The van der Waals surface area contributed by atoms with Crippen molar-refractivity contribution in [3.8, 4) is 5.75 Å². The molecule has 0 radical (unpaired) electrons. The maximum absolute atomic E-state index is 10.8. The number of methoxy groups -OCH3 is 1. The number of aliphatic hydroxyl groups is 1. The normalized spacial score (nSPS) is 12.2. The van der Waals surface area contributed by atoms with Crippen LogP contribution in [-0.2, 0) is 0 Å². The van der Waals surface area contributed by atoms with Gasteiger partial charge in [0.15, 0.2) is 5.75 Å². The molecule has 6 heteroatoms. The number of para-hydroxylation sites is 1. The Morgan fingerprint density at radius 2 is 2.33 bits per heavy atom. The molecule has 15 heavy (non-hydrogen) atoms. The molecule has 1 aromatic rings. The zero-order chi connectivity index (χ0) is 11.4. The van der Waals surface area contributed by atoms with Gasteiger partial charge in [0.25, 0.3) is 0 Å². The first-order valence-electron chi connectivity index (χ1n) is 4.29. The van der Waals surface area contributed by atoms with Gasteiger partial charge in [0, 0.05) is 0 Å². The minimum absolute atomic E-state index is 0.140. The first-order chi connectivity index (χ1) is 7.11. The molecule has 0 heterocycles. The van der Waals surface area contributed by atoms with E-state index in [1.54, 1.807) is 6.07 Å². The van der Waals surface area contributed by atoms with Gasteiger partial charge >= 0.3 is 5.69 Å². The summed E-state index contributed by atoms with van der Waals surface area (Å²) in [5.74, 6) is 0.140. The number of nitro benzene ring substituents is 1. The first-order valence-corrected chi connectivity index (χ1v) is 4.29. The Kier molecular flexibility index (Phi) is 3.59. The van der Waals surface area contributed by atoms with E-state index >= 15 is 0 Å². The lowest BCUT2D eigenvalue weighted by Crippen LogP contribution is -2.16. The predicted molar refractivity (Wildman–Crippen MR) is 53.7 cm³/mol. The Balaban J connectivity index is 3.31. The van der Waals surface area contributed by atoms with E-state index in [-0.39, 0.29) is 23.6 Å². The number of hydrogen-bond donors (Lipinski definition) is 2. The third kappa shape index (κ3) is 2.23. The lowest BCUT2D eigenvalue weighted by molar-refractivity contribution is -0.386. The fraction of sp³-hybridized carbons (Fsp3) is 0.333. The van der Waals surface area contributed by atoms with Crippen LogP contribution in [-0.4, -0.2) is 23.7 Å². The summed E-state index contributed by atoms with van der Waals surface area (Å²) in [4.78, 5) is 10.2. The number of nitrogens with two attached hydrogens (primary N) is 1. The van der Waals surface area contributed by atoms with Crippen LogP contribution in [0.15, 0.2) is 18.2 Å². The van der Waals surface area contributed by atoms with Crippen molar-refractivity contribution in [2.24, 2.45) is 5.73 Å². The molecular formula is C9H12N2O4. The Morgan fingerprint density at radius 3 is 2.80 bits per heavy atom. The minimum atomic E-state index is -0.777. The molecule has 0 saturated carbocycles. The highest BCUT2D eigenvalue weighted by atomic mass is 16.6. The van der Waals surface area contributed by atoms with Crippen LogP contribution in [0, 0.1) is 10.1 Å². The molecule has 0 aliphatic rings. The zero-order valence-electron chi connectivity index (χ0n) is 8.21. The highest BCUT2D eigenvalue weighted by Crippen LogP contribution is 2.33. The number of rotatable bonds is 4. The van der Waals surface area contributed by atoms with Crippen LogP contribution >= 0.6 is 0 Å². The van der Waals surface area contributed by atoms with Crippen LogP contribution in [0.1, 0.15) is 11.6 Å². The summed E-state index contributed by atoms with van der Waals surface area (Å²) in [5, 5.41) is 19.7. The SMILES string of the molecule is COc1cccc(C(N)CO)c1[N+](=O)[O-]. The topological polar surface area (TPSA) is 98.6 Å². The molecule has 3 N–H and O–H groups in total. The van der Waals surface area contributed by atoms with E-state index in [1.165, 1.54) is 19.2 Å². The zero-order valence-corrected chi connectivity index (χ0v) is 8.21. The smallest absolute Gasteiger partial charge is 0.315 e. The second kappa shape index (κ2) is 4.72. The van der Waals surface area contributed by atoms with Crippen molar-refractivity contribution >= 4 is 5.69 Å². The van der Waals surface area contributed by atoms with Crippen LogP contribution < -0.4 is 10.5 Å². The summed E-state index contributed by atoms with van der Waals surface area (Å²) in [7, 11) is 1.34. The minimum Gasteiger partial charge on any atom is -0.490 e. The highest BCUT2D eigenvalue weighted by Gasteiger charge is 2.23. The van der Waals surface area contributed by atoms with Gasteiger partial charge in [0.1, 0.15) is 0 Å². The van der Waals surface area contributed by atoms with Gasteiger partial charge in [-0.15, -0.1) is 0 Å². The van der Waals surface area contributed by atoms with Crippen molar-refractivity contribution in [1.29, 1.82) is 0 Å². The number of hydrogen-bond acceptors (Lipinski definition) is 5. The number of ether oxygens (including phenoxy) is 1. The molecule has 0 spiro atoms. The average molecular weight is 212 g/mol. The summed E-state index contributed by atoms with van der Waals surface area (Å²) in [6, 6.07) is 3.80. The largest absolute Gasteiger partial charge is 0.490 e. The summed E-state index contributed by atoms with van der Waals surface area (Å²) in [6.45, 7) is -0.353. The number of aliphatic hydroxyl groups excluding tert-OH is 1. The van der Waals surface area contributed by atoms with E-state index < -0.39 is 11.0 Å². The van der Waals surface area contributed by atoms with E-state index in [2.05, 4.69) is 0 Å². The Labute approximate surface area is 86.4 Å². The van der Waals surface area contributed by atoms with Crippen molar-refractivity contribution in [3.63, 3.8) is 0 Å². The fourth-order valence-corrected chi connectivity index (χ4v) is 1.30. The lowest BCUT2D eigenvalue weighted by atomic mass is 10.1. The average Bonchev–Trinajstić information content (AvgIpc) is 2.26. The molecule has 0 aliphatic heterocycles. The molecule has 82 valence electrons. The molecule has 0 saturated heterocycles. The fourth-order valence-electron chi connectivity index (χ4n) is 1.30. The Bertz CT molecular complexity index is 367. The maximum Gasteiger partial charge on any atom is 0.315 e. The van der Waals surface area contributed by atoms with E-state index in [0.717, 1.165) is 0 Å². The summed E-state index contributed by atoms with van der Waals surface area (Å²) in [5.41, 5.74) is 5.62. The molecule has 1 atom stereocenters. The molecule has 1 aromatic carbocycles. The van der Waals surface area contributed by atoms with E-state index in [1.807, 2.05) is 0 Å². The molecule has 0 aromatic heterocycles. The van der Waals surface area contributed by atoms with Crippen molar-refractivity contribution in [1.82, 2.24) is 0 Å². The standard InChI is InChI=1S/C9H12N2O4/c1-15-8-4-2-3-6(7(10)5-12)9(8)11(13)14/h2-4,7,12H,5,10H2,1H3. The van der Waals surface area contributed by atoms with Gasteiger partial charge in [0.2, 0.25) is 0 Å². The third-order valence-electron chi connectivity index (χ3n) is 2.03. The van der Waals surface area contributed by atoms with Crippen LogP contribution in [0.3, 0.4) is 0 Å². The molecule has 0 aliphatic carbocycles. The van der Waals surface area contributed by atoms with Gasteiger partial charge < -0.3 is 15.6 Å². The molecular weight excluding hydrogens is 200 g/mol. The van der Waals surface area contributed by atoms with E-state index in [0.29, 0.717) is 0 Å². The van der Waals surface area contributed by atoms with Crippen LogP contribution in [0.25, 0.3) is 0 Å². The van der Waals surface area contributed by atoms with Gasteiger partial charge in [-0.2, -0.15) is 0 Å². The second-order valence-corrected chi connectivity index (χ2v) is 2.94. The van der Waals surface area contributed by atoms with E-state index in [4.69, 9.17) is 15.6 Å². The number of nitrogens with zero attached hydrogens (tertiary/aromatic N) is 1. The lowest BCUT2D eigenvalue weighted by Gasteiger charge is -2.10. The molecule has 0 bridgehead atoms. The van der Waals surface area contributed by atoms with Gasteiger partial charge in [-0.05, 0) is 6.07 Å². The summed E-state index contributed by atoms with van der Waals surface area (Å²) < 4.78 is 4.86. The monoisotopic (exact) mass is 212 g/mol. The van der Waals surface area contributed by atoms with Crippen molar-refractivity contribution in [2.75, 3.05) is 13.7 Å². The molecule has 1 rings (SSSR count). The Morgan fingerprint density at radius 1 is 1.67 bits per heavy atom. The van der Waals surface area contributed by atoms with Crippen molar-refractivity contribution in [2.45, 2.75) is 6.04 Å². The summed E-state index contributed by atoms with van der Waals surface area (Å²) >= 11 is 0. The molecule has 1 unspecified atom stereocenters. The van der Waals surface area contributed by atoms with Crippen molar-refractivity contribution in [3.05, 3.63) is 33.9 Å². The number of benzene rings is 1. The maximum atomic E-state index is 10.8. The molecule has 6 nitrogen and oxygen atoms in total. The first kappa shape index (κ1) is 11.4. The Hall–Kier alpha value is -1.66. The van der Waals surface area contributed by atoms with Crippen LogP contribution in [0.4, 0.5) is 5.69 Å². The highest BCUT2D eigenvalue weighted by molar-refractivity contribution is 5.54. The van der Waals surface area contributed by atoms with E-state index in [9.17, 15) is 10.1 Å². The van der Waals surface area contributed by atoms with Gasteiger partial charge in [-0.3, -0.25) is 10.1 Å². The predicted octanol–water partition coefficient (Wildman–Crippen LogP) is 0.595. The third-order valence-corrected chi connectivity index (χ3v) is 2.03. The van der Waals surface area contributed by atoms with Gasteiger partial charge in [-0.1, -0.05) is 12.1 Å². The number of nitro groups is 1. The van der Waals surface area contributed by atoms with Crippen molar-refractivity contribution < 1.29 is 14.8 Å². The van der Waals surface area contributed by atoms with Crippen LogP contribution in [0.2, 0.25) is 0 Å².